The van der Waals surface area contributed by atoms with E-state index >= 15 is 0 Å². The highest BCUT2D eigenvalue weighted by Gasteiger charge is 2.28. The number of rotatable bonds is 8. The maximum absolute atomic E-state index is 12.2. The number of ether oxygens (including phenoxy) is 1. The van der Waals surface area contributed by atoms with Gasteiger partial charge in [-0.25, -0.2) is 9.98 Å². The summed E-state index contributed by atoms with van der Waals surface area (Å²) in [5.41, 5.74) is 1.31. The number of esters is 1. The molecule has 0 radical (unpaired) electrons. The average molecular weight is 412 g/mol. The SMILES string of the molecule is CCNC(=NCc1nccn1CCc1ccccc1)N1CCC[C@H](C(=O)OCC)C1. The van der Waals surface area contributed by atoms with Gasteiger partial charge in [0.1, 0.15) is 12.4 Å². The number of hydrogen-bond acceptors (Lipinski definition) is 4. The molecule has 2 heterocycles. The number of carbonyl (C=O) groups is 1. The molecule has 1 aliphatic heterocycles. The minimum absolute atomic E-state index is 0.0876. The van der Waals surface area contributed by atoms with Crippen molar-refractivity contribution in [1.29, 1.82) is 0 Å². The van der Waals surface area contributed by atoms with Crippen molar-refractivity contribution in [2.45, 2.75) is 46.2 Å². The van der Waals surface area contributed by atoms with E-state index in [1.54, 1.807) is 0 Å². The number of aromatic nitrogens is 2. The van der Waals surface area contributed by atoms with Crippen LogP contribution in [-0.2, 0) is 29.0 Å². The first-order valence-corrected chi connectivity index (χ1v) is 10.9. The number of likely N-dealkylation sites (tertiary alicyclic amines) is 1. The number of carbonyl (C=O) groups excluding carboxylic acids is 1. The molecule has 0 aliphatic carbocycles. The fraction of sp³-hybridized carbons (Fsp3) is 0.522. The van der Waals surface area contributed by atoms with Gasteiger partial charge in [-0.3, -0.25) is 4.79 Å². The predicted molar refractivity (Wildman–Crippen MR) is 118 cm³/mol. The number of aryl methyl sites for hydroxylation is 2. The van der Waals surface area contributed by atoms with E-state index in [2.05, 4.69) is 51.0 Å². The predicted octanol–water partition coefficient (Wildman–Crippen LogP) is 2.87. The lowest BCUT2D eigenvalue weighted by Crippen LogP contribution is -2.48. The molecule has 1 saturated heterocycles. The second kappa shape index (κ2) is 11.4. The van der Waals surface area contributed by atoms with Crippen molar-refractivity contribution in [2.24, 2.45) is 10.9 Å². The van der Waals surface area contributed by atoms with Crippen molar-refractivity contribution < 1.29 is 9.53 Å². The first kappa shape index (κ1) is 21.9. The standard InChI is InChI=1S/C23H33N5O2/c1-3-24-23(28-14-8-11-20(18-28)22(29)30-4-2)26-17-21-25-13-16-27(21)15-12-19-9-6-5-7-10-19/h5-7,9-10,13,16,20H,3-4,8,11-12,14-15,17-18H2,1-2H3,(H,24,26)/t20-/m0/s1. The quantitative estimate of drug-likeness (QED) is 0.411. The lowest BCUT2D eigenvalue weighted by atomic mass is 9.98. The minimum atomic E-state index is -0.102. The second-order valence-electron chi connectivity index (χ2n) is 7.48. The molecule has 1 aliphatic rings. The first-order valence-electron chi connectivity index (χ1n) is 10.9. The Morgan fingerprint density at radius 3 is 2.90 bits per heavy atom. The Balaban J connectivity index is 1.63. The number of benzene rings is 1. The van der Waals surface area contributed by atoms with Crippen molar-refractivity contribution in [3.63, 3.8) is 0 Å². The van der Waals surface area contributed by atoms with Gasteiger partial charge in [-0.15, -0.1) is 0 Å². The zero-order valence-electron chi connectivity index (χ0n) is 18.1. The van der Waals surface area contributed by atoms with E-state index in [9.17, 15) is 4.79 Å². The molecule has 3 rings (SSSR count). The number of nitrogens with zero attached hydrogens (tertiary/aromatic N) is 4. The fourth-order valence-corrected chi connectivity index (χ4v) is 3.78. The summed E-state index contributed by atoms with van der Waals surface area (Å²) >= 11 is 0. The molecule has 7 nitrogen and oxygen atoms in total. The highest BCUT2D eigenvalue weighted by atomic mass is 16.5. The van der Waals surface area contributed by atoms with Gasteiger partial charge in [-0.2, -0.15) is 0 Å². The summed E-state index contributed by atoms with van der Waals surface area (Å²) < 4.78 is 7.39. The Morgan fingerprint density at radius 2 is 2.13 bits per heavy atom. The zero-order chi connectivity index (χ0) is 21.2. The van der Waals surface area contributed by atoms with Gasteiger partial charge in [-0.05, 0) is 38.7 Å². The minimum Gasteiger partial charge on any atom is -0.466 e. The molecule has 1 aromatic heterocycles. The lowest BCUT2D eigenvalue weighted by Gasteiger charge is -2.34. The molecular weight excluding hydrogens is 378 g/mol. The normalized spacial score (nSPS) is 17.1. The summed E-state index contributed by atoms with van der Waals surface area (Å²) in [5, 5.41) is 3.37. The number of guanidine groups is 1. The molecule has 30 heavy (non-hydrogen) atoms. The summed E-state index contributed by atoms with van der Waals surface area (Å²) in [7, 11) is 0. The van der Waals surface area contributed by atoms with Crippen molar-refractivity contribution in [3.8, 4) is 0 Å². The van der Waals surface area contributed by atoms with Gasteiger partial charge < -0.3 is 19.5 Å². The van der Waals surface area contributed by atoms with E-state index in [1.165, 1.54) is 5.56 Å². The molecular formula is C23H33N5O2. The van der Waals surface area contributed by atoms with Gasteiger partial charge in [0, 0.05) is 38.6 Å². The van der Waals surface area contributed by atoms with Crippen LogP contribution in [0.15, 0.2) is 47.7 Å². The molecule has 0 unspecified atom stereocenters. The van der Waals surface area contributed by atoms with Crippen LogP contribution < -0.4 is 5.32 Å². The van der Waals surface area contributed by atoms with Crippen LogP contribution in [0.4, 0.5) is 0 Å². The Labute approximate surface area is 179 Å². The molecule has 1 atom stereocenters. The van der Waals surface area contributed by atoms with Gasteiger partial charge >= 0.3 is 5.97 Å². The zero-order valence-corrected chi connectivity index (χ0v) is 18.1. The molecule has 1 N–H and O–H groups in total. The number of imidazole rings is 1. The number of nitrogens with one attached hydrogen (secondary N) is 1. The monoisotopic (exact) mass is 411 g/mol. The van der Waals surface area contributed by atoms with Crippen molar-refractivity contribution in [3.05, 3.63) is 54.1 Å². The molecule has 0 amide bonds. The fourth-order valence-electron chi connectivity index (χ4n) is 3.78. The molecule has 2 aromatic rings. The molecule has 1 fully saturated rings. The molecule has 0 saturated carbocycles. The number of aliphatic imine (C=N–C) groups is 1. The topological polar surface area (TPSA) is 71.8 Å². The Kier molecular flexibility index (Phi) is 8.30. The van der Waals surface area contributed by atoms with E-state index in [1.807, 2.05) is 25.4 Å². The van der Waals surface area contributed by atoms with Crippen LogP contribution in [0, 0.1) is 5.92 Å². The van der Waals surface area contributed by atoms with E-state index in [4.69, 9.17) is 9.73 Å². The van der Waals surface area contributed by atoms with Gasteiger partial charge in [0.25, 0.3) is 0 Å². The van der Waals surface area contributed by atoms with Crippen LogP contribution in [0.5, 0.6) is 0 Å². The van der Waals surface area contributed by atoms with E-state index in [0.29, 0.717) is 19.7 Å². The van der Waals surface area contributed by atoms with Crippen molar-refractivity contribution in [2.75, 3.05) is 26.2 Å². The van der Waals surface area contributed by atoms with E-state index in [0.717, 1.165) is 50.7 Å². The third-order valence-electron chi connectivity index (χ3n) is 5.33. The third-order valence-corrected chi connectivity index (χ3v) is 5.33. The van der Waals surface area contributed by atoms with Crippen LogP contribution in [0.2, 0.25) is 0 Å². The largest absolute Gasteiger partial charge is 0.466 e. The molecule has 1 aromatic carbocycles. The Hall–Kier alpha value is -2.83. The Morgan fingerprint density at radius 1 is 1.30 bits per heavy atom. The van der Waals surface area contributed by atoms with Crippen LogP contribution in [-0.4, -0.2) is 52.6 Å². The summed E-state index contributed by atoms with van der Waals surface area (Å²) in [6.07, 6.45) is 6.64. The first-order chi connectivity index (χ1) is 14.7. The van der Waals surface area contributed by atoms with Crippen LogP contribution in [0.3, 0.4) is 0 Å². The summed E-state index contributed by atoms with van der Waals surface area (Å²) in [5.74, 6) is 1.59. The highest BCUT2D eigenvalue weighted by molar-refractivity contribution is 5.81. The average Bonchev–Trinajstić information content (AvgIpc) is 3.23. The Bertz CT molecular complexity index is 818. The summed E-state index contributed by atoms with van der Waals surface area (Å²) in [6, 6.07) is 10.5. The van der Waals surface area contributed by atoms with Gasteiger partial charge in [0.05, 0.1) is 12.5 Å². The summed E-state index contributed by atoms with van der Waals surface area (Å²) in [6.45, 7) is 8.03. The van der Waals surface area contributed by atoms with Crippen LogP contribution in [0.25, 0.3) is 0 Å². The maximum Gasteiger partial charge on any atom is 0.310 e. The van der Waals surface area contributed by atoms with Gasteiger partial charge in [0.2, 0.25) is 0 Å². The molecule has 0 bridgehead atoms. The van der Waals surface area contributed by atoms with E-state index < -0.39 is 0 Å². The lowest BCUT2D eigenvalue weighted by molar-refractivity contribution is -0.149. The van der Waals surface area contributed by atoms with Crippen molar-refractivity contribution in [1.82, 2.24) is 19.8 Å². The van der Waals surface area contributed by atoms with E-state index in [-0.39, 0.29) is 11.9 Å². The number of piperidine rings is 1. The molecule has 7 heteroatoms. The summed E-state index contributed by atoms with van der Waals surface area (Å²) in [4.78, 5) is 23.7. The maximum atomic E-state index is 12.2. The molecule has 0 spiro atoms. The molecule has 162 valence electrons. The van der Waals surface area contributed by atoms with Crippen LogP contribution in [0.1, 0.15) is 38.1 Å². The van der Waals surface area contributed by atoms with Crippen molar-refractivity contribution >= 4 is 11.9 Å². The highest BCUT2D eigenvalue weighted by Crippen LogP contribution is 2.18. The van der Waals surface area contributed by atoms with Crippen LogP contribution >= 0.6 is 0 Å². The smallest absolute Gasteiger partial charge is 0.310 e. The second-order valence-corrected chi connectivity index (χ2v) is 7.48. The van der Waals surface area contributed by atoms with Gasteiger partial charge in [-0.1, -0.05) is 30.3 Å². The number of hydrogen-bond donors (Lipinski definition) is 1. The third kappa shape index (κ3) is 6.08. The van der Waals surface area contributed by atoms with Gasteiger partial charge in [0.15, 0.2) is 5.96 Å².